The van der Waals surface area contributed by atoms with E-state index in [-0.39, 0.29) is 7.92 Å². The van der Waals surface area contributed by atoms with Crippen molar-refractivity contribution in [3.8, 4) is 0 Å². The van der Waals surface area contributed by atoms with Crippen molar-refractivity contribution >= 4 is 26.4 Å². The summed E-state index contributed by atoms with van der Waals surface area (Å²) in [6.07, 6.45) is 41.8. The lowest BCUT2D eigenvalue weighted by atomic mass is 9.91. The molecular formula is C36H77P3. The molecular weight excluding hydrogens is 525 g/mol. The lowest BCUT2D eigenvalue weighted by Gasteiger charge is -2.34. The number of unbranched alkanes of at least 4 members (excludes halogenated alkanes) is 15. The molecule has 0 aliphatic rings. The monoisotopic (exact) mass is 603 g/mol. The lowest BCUT2D eigenvalue weighted by Crippen LogP contribution is -2.24. The summed E-state index contributed by atoms with van der Waals surface area (Å²) in [6.45, 7) is 11.8. The molecule has 0 aromatic rings. The molecule has 2 unspecified atom stereocenters. The van der Waals surface area contributed by atoms with Gasteiger partial charge >= 0.3 is 0 Å². The van der Waals surface area contributed by atoms with Crippen LogP contribution >= 0.6 is 26.4 Å². The Labute approximate surface area is 256 Å². The SMILES string of the molecule is CCCCCCP(CCC(P)(CCCCCC)CCCCCC)CCC(P)(CCCCCC)CCCCCC. The fraction of sp³-hybridized carbons (Fsp3) is 1.00. The Balaban J connectivity index is 5.23. The van der Waals surface area contributed by atoms with Gasteiger partial charge in [-0.15, -0.1) is 26.4 Å². The number of hydrogen-bond acceptors (Lipinski definition) is 0. The van der Waals surface area contributed by atoms with Gasteiger partial charge in [0.1, 0.15) is 0 Å². The smallest absolute Gasteiger partial charge is 0.0147 e. The zero-order valence-electron chi connectivity index (χ0n) is 28.1. The van der Waals surface area contributed by atoms with E-state index in [1.54, 1.807) is 18.5 Å². The van der Waals surface area contributed by atoms with E-state index in [1.807, 2.05) is 0 Å². The number of hydrogen-bond donors (Lipinski definition) is 0. The molecule has 0 aliphatic heterocycles. The van der Waals surface area contributed by atoms with Gasteiger partial charge in [0.05, 0.1) is 0 Å². The maximum atomic E-state index is 3.45. The average Bonchev–Trinajstić information content (AvgIpc) is 2.93. The molecule has 236 valence electrons. The van der Waals surface area contributed by atoms with Crippen molar-refractivity contribution in [1.82, 2.24) is 0 Å². The number of rotatable bonds is 31. The Kier molecular flexibility index (Phi) is 29.0. The van der Waals surface area contributed by atoms with Gasteiger partial charge in [-0.2, -0.15) is 0 Å². The van der Waals surface area contributed by atoms with Crippen LogP contribution < -0.4 is 0 Å². The molecule has 0 aromatic heterocycles. The summed E-state index contributed by atoms with van der Waals surface area (Å²) in [7, 11) is 7.09. The minimum absolute atomic E-state index is 0.181. The first-order chi connectivity index (χ1) is 18.9. The van der Waals surface area contributed by atoms with Gasteiger partial charge in [0.25, 0.3) is 0 Å². The van der Waals surface area contributed by atoms with Crippen molar-refractivity contribution in [2.75, 3.05) is 18.5 Å². The summed E-state index contributed by atoms with van der Waals surface area (Å²) in [5.41, 5.74) is 0. The third-order valence-corrected chi connectivity index (χ3v) is 13.7. The summed E-state index contributed by atoms with van der Waals surface area (Å²) < 4.78 is 0. The molecule has 0 aliphatic carbocycles. The van der Waals surface area contributed by atoms with E-state index in [2.05, 4.69) is 53.1 Å². The quantitative estimate of drug-likeness (QED) is 0.0547. The first-order valence-electron chi connectivity index (χ1n) is 18.2. The van der Waals surface area contributed by atoms with Crippen LogP contribution in [0.5, 0.6) is 0 Å². The highest BCUT2D eigenvalue weighted by atomic mass is 31.1. The van der Waals surface area contributed by atoms with Crippen molar-refractivity contribution in [1.29, 1.82) is 0 Å². The first-order valence-corrected chi connectivity index (χ1v) is 21.2. The standard InChI is InChI=1S/C36H77P3/c1-6-11-16-21-26-35(37,27-22-17-12-7-2)30-33-39(32-25-20-15-10-5)34-31-36(38,28-23-18-13-8-3)29-24-19-14-9-4/h6-34,37-38H2,1-5H3. The molecule has 0 saturated carbocycles. The molecule has 39 heavy (non-hydrogen) atoms. The average molecular weight is 603 g/mol. The van der Waals surface area contributed by atoms with Crippen molar-refractivity contribution in [3.63, 3.8) is 0 Å². The van der Waals surface area contributed by atoms with Gasteiger partial charge in [0, 0.05) is 0 Å². The van der Waals surface area contributed by atoms with E-state index in [9.17, 15) is 0 Å². The van der Waals surface area contributed by atoms with E-state index < -0.39 is 0 Å². The third kappa shape index (κ3) is 24.4. The minimum Gasteiger partial charge on any atom is -0.131 e. The second kappa shape index (κ2) is 28.1. The Morgan fingerprint density at radius 2 is 0.615 bits per heavy atom. The maximum absolute atomic E-state index is 3.45. The molecule has 0 spiro atoms. The van der Waals surface area contributed by atoms with Crippen LogP contribution in [0.4, 0.5) is 0 Å². The van der Waals surface area contributed by atoms with Gasteiger partial charge in [-0.05, 0) is 73.7 Å². The molecule has 0 aromatic carbocycles. The Morgan fingerprint density at radius 3 is 0.897 bits per heavy atom. The Hall–Kier alpha value is 1.29. The molecule has 0 bridgehead atoms. The fourth-order valence-electron chi connectivity index (χ4n) is 6.22. The van der Waals surface area contributed by atoms with E-state index >= 15 is 0 Å². The van der Waals surface area contributed by atoms with Crippen LogP contribution in [0, 0.1) is 0 Å². The summed E-state index contributed by atoms with van der Waals surface area (Å²) in [5.74, 6) is 0. The van der Waals surface area contributed by atoms with Gasteiger partial charge in [0.2, 0.25) is 0 Å². The minimum atomic E-state index is 0.181. The topological polar surface area (TPSA) is 0 Å². The normalized spacial score (nSPS) is 12.6. The van der Waals surface area contributed by atoms with Crippen molar-refractivity contribution in [3.05, 3.63) is 0 Å². The van der Waals surface area contributed by atoms with Crippen molar-refractivity contribution in [2.45, 2.75) is 212 Å². The molecule has 0 heterocycles. The lowest BCUT2D eigenvalue weighted by molar-refractivity contribution is 0.433. The van der Waals surface area contributed by atoms with Crippen molar-refractivity contribution in [2.24, 2.45) is 0 Å². The fourth-order valence-corrected chi connectivity index (χ4v) is 10.7. The van der Waals surface area contributed by atoms with Crippen LogP contribution in [0.1, 0.15) is 202 Å². The zero-order chi connectivity index (χ0) is 29.1. The van der Waals surface area contributed by atoms with E-state index in [0.717, 1.165) is 0 Å². The molecule has 0 amide bonds. The molecule has 0 rings (SSSR count). The van der Waals surface area contributed by atoms with Gasteiger partial charge in [-0.1, -0.05) is 157 Å². The second-order valence-electron chi connectivity index (χ2n) is 13.4. The van der Waals surface area contributed by atoms with Crippen LogP contribution in [0.2, 0.25) is 0 Å². The molecule has 2 atom stereocenters. The summed E-state index contributed by atoms with van der Waals surface area (Å²) in [4.78, 5) is 0. The van der Waals surface area contributed by atoms with Crippen molar-refractivity contribution < 1.29 is 0 Å². The second-order valence-corrected chi connectivity index (χ2v) is 18.5. The highest BCUT2D eigenvalue weighted by Gasteiger charge is 2.28. The largest absolute Gasteiger partial charge is 0.131 e. The summed E-state index contributed by atoms with van der Waals surface area (Å²) in [6, 6.07) is 0. The molecule has 0 fully saturated rings. The van der Waals surface area contributed by atoms with E-state index in [1.165, 1.54) is 167 Å². The summed E-state index contributed by atoms with van der Waals surface area (Å²) >= 11 is 0. The third-order valence-electron chi connectivity index (χ3n) is 9.29. The molecule has 0 saturated heterocycles. The van der Waals surface area contributed by atoms with Crippen LogP contribution in [0.15, 0.2) is 0 Å². The summed E-state index contributed by atoms with van der Waals surface area (Å²) in [5, 5.41) is 1.04. The van der Waals surface area contributed by atoms with Crippen LogP contribution in [0.3, 0.4) is 0 Å². The zero-order valence-corrected chi connectivity index (χ0v) is 31.3. The van der Waals surface area contributed by atoms with Gasteiger partial charge < -0.3 is 0 Å². The van der Waals surface area contributed by atoms with Crippen LogP contribution in [0.25, 0.3) is 0 Å². The maximum Gasteiger partial charge on any atom is -0.0147 e. The first kappa shape index (κ1) is 40.3. The van der Waals surface area contributed by atoms with E-state index in [4.69, 9.17) is 0 Å². The van der Waals surface area contributed by atoms with E-state index in [0.29, 0.717) is 10.3 Å². The predicted molar refractivity (Wildman–Crippen MR) is 195 cm³/mol. The Morgan fingerprint density at radius 1 is 0.333 bits per heavy atom. The Bertz CT molecular complexity index is 430. The molecule has 0 nitrogen and oxygen atoms in total. The molecule has 0 radical (unpaired) electrons. The predicted octanol–water partition coefficient (Wildman–Crippen LogP) is 13.9. The van der Waals surface area contributed by atoms with Gasteiger partial charge in [-0.3, -0.25) is 0 Å². The highest BCUT2D eigenvalue weighted by Crippen LogP contribution is 2.47. The van der Waals surface area contributed by atoms with Crippen LogP contribution in [-0.4, -0.2) is 28.8 Å². The van der Waals surface area contributed by atoms with Crippen LogP contribution in [-0.2, 0) is 0 Å². The molecule has 3 heteroatoms. The van der Waals surface area contributed by atoms with Gasteiger partial charge in [0.15, 0.2) is 0 Å². The highest BCUT2D eigenvalue weighted by molar-refractivity contribution is 7.57. The molecule has 0 N–H and O–H groups in total. The van der Waals surface area contributed by atoms with Gasteiger partial charge in [-0.25, -0.2) is 0 Å².